The highest BCUT2D eigenvalue weighted by Crippen LogP contribution is 2.25. The van der Waals surface area contributed by atoms with Crippen LogP contribution < -0.4 is 5.32 Å². The first-order valence-corrected chi connectivity index (χ1v) is 7.44. The van der Waals surface area contributed by atoms with Crippen LogP contribution in [0, 0.1) is 12.7 Å². The molecule has 0 heterocycles. The van der Waals surface area contributed by atoms with Crippen molar-refractivity contribution in [3.8, 4) is 0 Å². The third-order valence-corrected chi connectivity index (χ3v) is 3.81. The Balaban J connectivity index is 2.79. The van der Waals surface area contributed by atoms with E-state index in [1.165, 1.54) is 0 Å². The molecule has 1 unspecified atom stereocenters. The van der Waals surface area contributed by atoms with Gasteiger partial charge >= 0.3 is 0 Å². The van der Waals surface area contributed by atoms with Crippen molar-refractivity contribution in [1.29, 1.82) is 0 Å². The first-order chi connectivity index (χ1) is 9.39. The summed E-state index contributed by atoms with van der Waals surface area (Å²) in [6.07, 6.45) is 3.03. The average Bonchev–Trinajstić information content (AvgIpc) is 2.42. The number of hydrogen-bond acceptors (Lipinski definition) is 2. The molecule has 0 aliphatic rings. The largest absolute Gasteiger partial charge is 0.379 e. The highest BCUT2D eigenvalue weighted by atomic mass is 19.1. The SMILES string of the molecule is CCCNC(CCC(C)(C)OC)c1ccc(F)c(C)c1. The maximum Gasteiger partial charge on any atom is 0.126 e. The average molecular weight is 281 g/mol. The molecule has 20 heavy (non-hydrogen) atoms. The summed E-state index contributed by atoms with van der Waals surface area (Å²) in [5.74, 6) is -0.139. The van der Waals surface area contributed by atoms with Crippen LogP contribution in [-0.4, -0.2) is 19.3 Å². The van der Waals surface area contributed by atoms with E-state index in [0.29, 0.717) is 5.56 Å². The third-order valence-electron chi connectivity index (χ3n) is 3.81. The number of halogens is 1. The van der Waals surface area contributed by atoms with Crippen molar-refractivity contribution < 1.29 is 9.13 Å². The predicted molar refractivity (Wildman–Crippen MR) is 82.5 cm³/mol. The van der Waals surface area contributed by atoms with Gasteiger partial charge in [-0.3, -0.25) is 0 Å². The summed E-state index contributed by atoms with van der Waals surface area (Å²) in [5, 5.41) is 3.55. The molecule has 0 aliphatic carbocycles. The predicted octanol–water partition coefficient (Wildman–Crippen LogP) is 4.38. The fourth-order valence-electron chi connectivity index (χ4n) is 2.18. The van der Waals surface area contributed by atoms with E-state index in [1.54, 1.807) is 13.2 Å². The van der Waals surface area contributed by atoms with E-state index in [2.05, 4.69) is 26.1 Å². The Morgan fingerprint density at radius 2 is 2.05 bits per heavy atom. The second-order valence-corrected chi connectivity index (χ2v) is 6.02. The van der Waals surface area contributed by atoms with Crippen LogP contribution in [-0.2, 0) is 4.74 Å². The number of ether oxygens (including phenoxy) is 1. The molecular weight excluding hydrogens is 253 g/mol. The molecule has 1 atom stereocenters. The minimum absolute atomic E-state index is 0.124. The topological polar surface area (TPSA) is 21.3 Å². The van der Waals surface area contributed by atoms with Crippen LogP contribution in [0.25, 0.3) is 0 Å². The molecular formula is C17H28FNO. The fourth-order valence-corrected chi connectivity index (χ4v) is 2.18. The molecule has 0 bridgehead atoms. The smallest absolute Gasteiger partial charge is 0.126 e. The van der Waals surface area contributed by atoms with Crippen LogP contribution in [0.3, 0.4) is 0 Å². The molecule has 0 radical (unpaired) electrons. The van der Waals surface area contributed by atoms with E-state index < -0.39 is 0 Å². The molecule has 3 heteroatoms. The summed E-state index contributed by atoms with van der Waals surface area (Å²) in [6, 6.07) is 5.65. The monoisotopic (exact) mass is 281 g/mol. The maximum absolute atomic E-state index is 13.4. The maximum atomic E-state index is 13.4. The quantitative estimate of drug-likeness (QED) is 0.763. The summed E-state index contributed by atoms with van der Waals surface area (Å²) < 4.78 is 18.9. The number of methoxy groups -OCH3 is 1. The Kier molecular flexibility index (Phi) is 6.63. The number of benzene rings is 1. The molecule has 0 spiro atoms. The van der Waals surface area contributed by atoms with Crippen molar-refractivity contribution in [2.75, 3.05) is 13.7 Å². The first kappa shape index (κ1) is 17.1. The molecule has 1 N–H and O–H groups in total. The van der Waals surface area contributed by atoms with Crippen molar-refractivity contribution in [2.45, 2.75) is 58.6 Å². The summed E-state index contributed by atoms with van der Waals surface area (Å²) in [7, 11) is 1.75. The molecule has 0 fully saturated rings. The fraction of sp³-hybridized carbons (Fsp3) is 0.647. The molecule has 0 saturated heterocycles. The first-order valence-electron chi connectivity index (χ1n) is 7.44. The lowest BCUT2D eigenvalue weighted by molar-refractivity contribution is 0.0117. The molecule has 0 aromatic heterocycles. The lowest BCUT2D eigenvalue weighted by Gasteiger charge is -2.27. The highest BCUT2D eigenvalue weighted by Gasteiger charge is 2.20. The number of nitrogens with one attached hydrogen (secondary N) is 1. The van der Waals surface area contributed by atoms with Gasteiger partial charge < -0.3 is 10.1 Å². The molecule has 0 saturated carbocycles. The van der Waals surface area contributed by atoms with Gasteiger partial charge in [-0.05, 0) is 63.8 Å². The van der Waals surface area contributed by atoms with Crippen LogP contribution in [0.5, 0.6) is 0 Å². The van der Waals surface area contributed by atoms with Gasteiger partial charge in [-0.25, -0.2) is 4.39 Å². The van der Waals surface area contributed by atoms with Crippen molar-refractivity contribution >= 4 is 0 Å². The van der Waals surface area contributed by atoms with E-state index in [9.17, 15) is 4.39 Å². The Morgan fingerprint density at radius 3 is 2.60 bits per heavy atom. The van der Waals surface area contributed by atoms with E-state index >= 15 is 0 Å². The van der Waals surface area contributed by atoms with Crippen molar-refractivity contribution in [1.82, 2.24) is 5.32 Å². The second kappa shape index (κ2) is 7.75. The van der Waals surface area contributed by atoms with Crippen molar-refractivity contribution in [3.63, 3.8) is 0 Å². The zero-order valence-electron chi connectivity index (χ0n) is 13.4. The summed E-state index contributed by atoms with van der Waals surface area (Å²) in [6.45, 7) is 9.13. The third kappa shape index (κ3) is 5.22. The summed E-state index contributed by atoms with van der Waals surface area (Å²) in [5.41, 5.74) is 1.74. The molecule has 1 aromatic rings. The van der Waals surface area contributed by atoms with Gasteiger partial charge in [-0.15, -0.1) is 0 Å². The minimum Gasteiger partial charge on any atom is -0.379 e. The van der Waals surface area contributed by atoms with Crippen LogP contribution in [0.1, 0.15) is 57.2 Å². The van der Waals surface area contributed by atoms with Gasteiger partial charge in [-0.1, -0.05) is 19.1 Å². The molecule has 114 valence electrons. The Bertz CT molecular complexity index is 417. The Morgan fingerprint density at radius 1 is 1.35 bits per heavy atom. The van der Waals surface area contributed by atoms with Crippen LogP contribution in [0.4, 0.5) is 4.39 Å². The van der Waals surface area contributed by atoms with E-state index in [1.807, 2.05) is 19.1 Å². The minimum atomic E-state index is -0.139. The van der Waals surface area contributed by atoms with E-state index in [-0.39, 0.29) is 17.5 Å². The van der Waals surface area contributed by atoms with Gasteiger partial charge in [0, 0.05) is 13.2 Å². The molecule has 0 amide bonds. The van der Waals surface area contributed by atoms with Gasteiger partial charge in [0.25, 0.3) is 0 Å². The molecule has 0 aliphatic heterocycles. The zero-order chi connectivity index (χ0) is 15.2. The van der Waals surface area contributed by atoms with Gasteiger partial charge in [-0.2, -0.15) is 0 Å². The number of hydrogen-bond donors (Lipinski definition) is 1. The number of rotatable bonds is 8. The summed E-state index contributed by atoms with van der Waals surface area (Å²) >= 11 is 0. The molecule has 1 aromatic carbocycles. The van der Waals surface area contributed by atoms with Crippen molar-refractivity contribution in [2.24, 2.45) is 0 Å². The molecule has 1 rings (SSSR count). The van der Waals surface area contributed by atoms with Crippen molar-refractivity contribution in [3.05, 3.63) is 35.1 Å². The van der Waals surface area contributed by atoms with Crippen LogP contribution in [0.2, 0.25) is 0 Å². The van der Waals surface area contributed by atoms with Gasteiger partial charge in [0.1, 0.15) is 5.82 Å². The van der Waals surface area contributed by atoms with Crippen LogP contribution in [0.15, 0.2) is 18.2 Å². The molecule has 2 nitrogen and oxygen atoms in total. The lowest BCUT2D eigenvalue weighted by atomic mass is 9.94. The Labute approximate surface area is 122 Å². The van der Waals surface area contributed by atoms with E-state index in [0.717, 1.165) is 31.4 Å². The zero-order valence-corrected chi connectivity index (χ0v) is 13.4. The highest BCUT2D eigenvalue weighted by molar-refractivity contribution is 5.26. The standard InChI is InChI=1S/C17H28FNO/c1-6-11-19-16(9-10-17(3,4)20-5)14-7-8-15(18)13(2)12-14/h7-8,12,16,19H,6,9-11H2,1-5H3. The Hall–Kier alpha value is -0.930. The van der Waals surface area contributed by atoms with Gasteiger partial charge in [0.05, 0.1) is 5.60 Å². The summed E-state index contributed by atoms with van der Waals surface area (Å²) in [4.78, 5) is 0. The second-order valence-electron chi connectivity index (χ2n) is 6.02. The van der Waals surface area contributed by atoms with Gasteiger partial charge in [0.15, 0.2) is 0 Å². The van der Waals surface area contributed by atoms with Crippen LogP contribution >= 0.6 is 0 Å². The van der Waals surface area contributed by atoms with E-state index in [4.69, 9.17) is 4.74 Å². The number of aryl methyl sites for hydroxylation is 1. The lowest BCUT2D eigenvalue weighted by Crippen LogP contribution is -2.28. The van der Waals surface area contributed by atoms with Gasteiger partial charge in [0.2, 0.25) is 0 Å². The normalized spacial score (nSPS) is 13.5.